The molecule has 40 heavy (non-hydrogen) atoms. The predicted octanol–water partition coefficient (Wildman–Crippen LogP) is -0.346. The van der Waals surface area contributed by atoms with Crippen molar-refractivity contribution in [3.8, 4) is 5.75 Å². The Morgan fingerprint density at radius 1 is 0.925 bits per heavy atom. The van der Waals surface area contributed by atoms with E-state index in [-0.39, 0.29) is 43.4 Å². The van der Waals surface area contributed by atoms with Crippen LogP contribution in [0.5, 0.6) is 5.75 Å². The minimum absolute atomic E-state index is 0.00818. The summed E-state index contributed by atoms with van der Waals surface area (Å²) >= 11 is 1.44. The number of carboxylic acids is 1. The molecule has 0 fully saturated rings. The van der Waals surface area contributed by atoms with Crippen LogP contribution in [0, 0.1) is 5.92 Å². The van der Waals surface area contributed by atoms with Crippen LogP contribution in [0.4, 0.5) is 0 Å². The van der Waals surface area contributed by atoms with E-state index >= 15 is 0 Å². The molecule has 13 nitrogen and oxygen atoms in total. The number of aromatic hydroxyl groups is 1. The maximum atomic E-state index is 13.4. The number of benzene rings is 1. The van der Waals surface area contributed by atoms with Gasteiger partial charge in [0.2, 0.25) is 17.7 Å². The summed E-state index contributed by atoms with van der Waals surface area (Å²) in [4.78, 5) is 55.0. The zero-order valence-electron chi connectivity index (χ0n) is 23.3. The van der Waals surface area contributed by atoms with Crippen LogP contribution in [0.3, 0.4) is 0 Å². The first kappa shape index (κ1) is 34.5. The van der Waals surface area contributed by atoms with Gasteiger partial charge in [-0.25, -0.2) is 4.79 Å². The Balaban J connectivity index is 3.18. The number of nitrogens with one attached hydrogen (secondary N) is 3. The fourth-order valence-corrected chi connectivity index (χ4v) is 4.25. The molecule has 0 bridgehead atoms. The second-order valence-corrected chi connectivity index (χ2v) is 10.8. The largest absolute Gasteiger partial charge is 0.508 e. The van der Waals surface area contributed by atoms with Gasteiger partial charge in [-0.3, -0.25) is 19.4 Å². The number of carbonyl (C=O) groups is 4. The van der Waals surface area contributed by atoms with E-state index in [0.29, 0.717) is 24.2 Å². The van der Waals surface area contributed by atoms with Crippen molar-refractivity contribution in [2.75, 3.05) is 18.6 Å². The van der Waals surface area contributed by atoms with Crippen LogP contribution in [0.2, 0.25) is 0 Å². The molecule has 0 spiro atoms. The van der Waals surface area contributed by atoms with Gasteiger partial charge in [-0.15, -0.1) is 0 Å². The van der Waals surface area contributed by atoms with Crippen LogP contribution in [-0.4, -0.2) is 82.6 Å². The molecular weight excluding hydrogens is 538 g/mol. The highest BCUT2D eigenvalue weighted by atomic mass is 32.2. The second-order valence-electron chi connectivity index (χ2n) is 9.86. The number of phenols is 1. The molecule has 0 aromatic heterocycles. The van der Waals surface area contributed by atoms with Crippen molar-refractivity contribution in [3.05, 3.63) is 29.8 Å². The van der Waals surface area contributed by atoms with Gasteiger partial charge in [0.15, 0.2) is 5.96 Å². The normalized spacial score (nSPS) is 13.9. The molecule has 0 saturated heterocycles. The quantitative estimate of drug-likeness (QED) is 0.0637. The molecule has 0 aliphatic carbocycles. The monoisotopic (exact) mass is 581 g/mol. The van der Waals surface area contributed by atoms with E-state index < -0.39 is 47.9 Å². The number of hydrogen-bond donors (Lipinski definition) is 8. The number of aliphatic imine (C=N–C) groups is 1. The van der Waals surface area contributed by atoms with Crippen molar-refractivity contribution in [1.82, 2.24) is 16.0 Å². The number of nitrogens with zero attached hydrogens (tertiary/aromatic N) is 1. The van der Waals surface area contributed by atoms with Gasteiger partial charge in [0.05, 0.1) is 6.04 Å². The van der Waals surface area contributed by atoms with Crippen molar-refractivity contribution in [3.63, 3.8) is 0 Å². The summed E-state index contributed by atoms with van der Waals surface area (Å²) in [6, 6.07) is 1.84. The van der Waals surface area contributed by atoms with Crippen molar-refractivity contribution in [2.45, 2.75) is 70.1 Å². The van der Waals surface area contributed by atoms with Crippen molar-refractivity contribution < 1.29 is 29.4 Å². The average molecular weight is 582 g/mol. The third kappa shape index (κ3) is 13.5. The minimum Gasteiger partial charge on any atom is -0.508 e. The van der Waals surface area contributed by atoms with Crippen LogP contribution in [-0.2, 0) is 25.6 Å². The lowest BCUT2D eigenvalue weighted by molar-refractivity contribution is -0.142. The number of rotatable bonds is 18. The molecule has 1 rings (SSSR count). The highest BCUT2D eigenvalue weighted by Gasteiger charge is 2.30. The van der Waals surface area contributed by atoms with Crippen molar-refractivity contribution in [2.24, 2.45) is 28.1 Å². The molecule has 0 aliphatic rings. The highest BCUT2D eigenvalue weighted by molar-refractivity contribution is 7.98. The van der Waals surface area contributed by atoms with Gasteiger partial charge in [0.25, 0.3) is 0 Å². The predicted molar refractivity (Wildman–Crippen MR) is 156 cm³/mol. The van der Waals surface area contributed by atoms with Gasteiger partial charge in [-0.05, 0) is 61.3 Å². The first-order valence-electron chi connectivity index (χ1n) is 13.1. The number of carbonyl (C=O) groups excluding carboxylic acids is 3. The number of aliphatic carboxylic acids is 1. The molecule has 0 radical (unpaired) electrons. The van der Waals surface area contributed by atoms with E-state index in [0.717, 1.165) is 0 Å². The number of thioether (sulfide) groups is 1. The molecule has 0 saturated carbocycles. The lowest BCUT2D eigenvalue weighted by Gasteiger charge is -2.25. The van der Waals surface area contributed by atoms with E-state index in [1.807, 2.05) is 20.1 Å². The average Bonchev–Trinajstić information content (AvgIpc) is 2.87. The number of guanidine groups is 1. The van der Waals surface area contributed by atoms with E-state index in [9.17, 15) is 29.4 Å². The van der Waals surface area contributed by atoms with Crippen molar-refractivity contribution in [1.29, 1.82) is 0 Å². The zero-order valence-corrected chi connectivity index (χ0v) is 24.1. The van der Waals surface area contributed by atoms with Gasteiger partial charge in [-0.1, -0.05) is 26.0 Å². The lowest BCUT2D eigenvalue weighted by Crippen LogP contribution is -2.57. The summed E-state index contributed by atoms with van der Waals surface area (Å²) < 4.78 is 0. The Bertz CT molecular complexity index is 1000. The molecule has 4 atom stereocenters. The van der Waals surface area contributed by atoms with Crippen LogP contribution < -0.4 is 33.2 Å². The van der Waals surface area contributed by atoms with Gasteiger partial charge in [0.1, 0.15) is 23.9 Å². The van der Waals surface area contributed by atoms with Crippen LogP contribution >= 0.6 is 11.8 Å². The number of nitrogens with two attached hydrogens (primary N) is 3. The van der Waals surface area contributed by atoms with Crippen LogP contribution in [0.1, 0.15) is 45.1 Å². The standard InChI is InChI=1S/C26H43N7O6S/c1-15(2)13-18(27)22(35)31-19(5-4-11-30-26(28)29)23(36)33-21(14-16-6-8-17(34)9-7-16)24(37)32-20(25(38)39)10-12-40-3/h6-9,15,18-21,34H,4-5,10-14,27H2,1-3H3,(H,31,35)(H,32,37)(H,33,36)(H,38,39)(H4,28,29,30). The molecule has 0 heterocycles. The Morgan fingerprint density at radius 3 is 2.05 bits per heavy atom. The fourth-order valence-electron chi connectivity index (χ4n) is 3.78. The lowest BCUT2D eigenvalue weighted by atomic mass is 10.0. The van der Waals surface area contributed by atoms with E-state index in [4.69, 9.17) is 17.2 Å². The molecule has 0 aliphatic heterocycles. The fraction of sp³-hybridized carbons (Fsp3) is 0.577. The van der Waals surface area contributed by atoms with E-state index in [2.05, 4.69) is 20.9 Å². The molecule has 11 N–H and O–H groups in total. The summed E-state index contributed by atoms with van der Waals surface area (Å²) in [6.45, 7) is 4.05. The van der Waals surface area contributed by atoms with Crippen molar-refractivity contribution >= 4 is 41.4 Å². The van der Waals surface area contributed by atoms with E-state index in [1.54, 1.807) is 12.1 Å². The summed E-state index contributed by atoms with van der Waals surface area (Å²) in [7, 11) is 0. The molecule has 4 unspecified atom stereocenters. The summed E-state index contributed by atoms with van der Waals surface area (Å²) in [5.41, 5.74) is 17.4. The van der Waals surface area contributed by atoms with Gasteiger partial charge in [0, 0.05) is 13.0 Å². The number of hydrogen-bond acceptors (Lipinski definition) is 8. The topological polar surface area (TPSA) is 235 Å². The smallest absolute Gasteiger partial charge is 0.326 e. The molecule has 3 amide bonds. The molecule has 1 aromatic rings. The first-order chi connectivity index (χ1) is 18.8. The Kier molecular flexibility index (Phi) is 15.5. The second kappa shape index (κ2) is 17.9. The van der Waals surface area contributed by atoms with Gasteiger partial charge < -0.3 is 43.4 Å². The van der Waals surface area contributed by atoms with Crippen LogP contribution in [0.15, 0.2) is 29.3 Å². The Hall–Kier alpha value is -3.52. The van der Waals surface area contributed by atoms with Crippen LogP contribution in [0.25, 0.3) is 0 Å². The van der Waals surface area contributed by atoms with Gasteiger partial charge in [-0.2, -0.15) is 11.8 Å². The highest BCUT2D eigenvalue weighted by Crippen LogP contribution is 2.13. The number of amides is 3. The summed E-state index contributed by atoms with van der Waals surface area (Å²) in [5, 5.41) is 27.0. The minimum atomic E-state index is -1.19. The van der Waals surface area contributed by atoms with Gasteiger partial charge >= 0.3 is 5.97 Å². The van der Waals surface area contributed by atoms with E-state index in [1.165, 1.54) is 23.9 Å². The SMILES string of the molecule is CSCCC(NC(=O)C(Cc1ccc(O)cc1)NC(=O)C(CCCN=C(N)N)NC(=O)C(N)CC(C)C)C(=O)O. The zero-order chi connectivity index (χ0) is 30.2. The summed E-state index contributed by atoms with van der Waals surface area (Å²) in [6.07, 6.45) is 2.94. The number of carboxylic acid groups (broad SMARTS) is 1. The third-order valence-electron chi connectivity index (χ3n) is 5.87. The molecule has 224 valence electrons. The maximum absolute atomic E-state index is 13.4. The molecular formula is C26H43N7O6S. The molecule has 1 aromatic carbocycles. The third-order valence-corrected chi connectivity index (χ3v) is 6.52. The Labute approximate surface area is 239 Å². The summed E-state index contributed by atoms with van der Waals surface area (Å²) in [5.74, 6) is -2.47. The Morgan fingerprint density at radius 2 is 1.50 bits per heavy atom. The first-order valence-corrected chi connectivity index (χ1v) is 14.4. The molecule has 14 heteroatoms. The number of phenolic OH excluding ortho intramolecular Hbond substituents is 1. The maximum Gasteiger partial charge on any atom is 0.326 e.